The van der Waals surface area contributed by atoms with Crippen molar-refractivity contribution in [2.45, 2.75) is 20.3 Å². The third-order valence-corrected chi connectivity index (χ3v) is 3.48. The summed E-state index contributed by atoms with van der Waals surface area (Å²) in [6.07, 6.45) is 0.731. The van der Waals surface area contributed by atoms with E-state index >= 15 is 0 Å². The smallest absolute Gasteiger partial charge is 0.223 e. The van der Waals surface area contributed by atoms with Crippen LogP contribution in [0.4, 0.5) is 0 Å². The highest BCUT2D eigenvalue weighted by atomic mass is 16.5. The zero-order valence-corrected chi connectivity index (χ0v) is 11.0. The van der Waals surface area contributed by atoms with Gasteiger partial charge in [-0.2, -0.15) is 0 Å². The van der Waals surface area contributed by atoms with Crippen molar-refractivity contribution in [2.24, 2.45) is 11.8 Å². The molecule has 2 fully saturated rings. The summed E-state index contributed by atoms with van der Waals surface area (Å²) in [4.78, 5) is 16.4. The van der Waals surface area contributed by atoms with Crippen LogP contribution < -0.4 is 0 Å². The number of hydrogen-bond donors (Lipinski definition) is 0. The average molecular weight is 240 g/mol. The van der Waals surface area contributed by atoms with Gasteiger partial charge in [-0.25, -0.2) is 0 Å². The van der Waals surface area contributed by atoms with Gasteiger partial charge in [-0.3, -0.25) is 4.79 Å². The third-order valence-electron chi connectivity index (χ3n) is 3.48. The van der Waals surface area contributed by atoms with Gasteiger partial charge >= 0.3 is 0 Å². The predicted octanol–water partition coefficient (Wildman–Crippen LogP) is 0.823. The number of carbonyl (C=O) groups is 1. The number of hydrogen-bond acceptors (Lipinski definition) is 3. The van der Waals surface area contributed by atoms with Crippen LogP contribution in [0, 0.1) is 11.8 Å². The van der Waals surface area contributed by atoms with Gasteiger partial charge in [0.2, 0.25) is 5.91 Å². The van der Waals surface area contributed by atoms with E-state index in [4.69, 9.17) is 4.74 Å². The van der Waals surface area contributed by atoms with Gasteiger partial charge in [-0.15, -0.1) is 0 Å². The number of morpholine rings is 1. The fourth-order valence-corrected chi connectivity index (χ4v) is 2.66. The van der Waals surface area contributed by atoms with Crippen LogP contribution >= 0.6 is 0 Å². The second kappa shape index (κ2) is 5.83. The van der Waals surface area contributed by atoms with Crippen molar-refractivity contribution < 1.29 is 9.53 Å². The van der Waals surface area contributed by atoms with E-state index in [0.29, 0.717) is 25.0 Å². The zero-order chi connectivity index (χ0) is 12.3. The normalized spacial score (nSPS) is 22.9. The number of carbonyl (C=O) groups excluding carboxylic acids is 1. The molecule has 0 aromatic heterocycles. The molecule has 0 aromatic rings. The summed E-state index contributed by atoms with van der Waals surface area (Å²) in [5.41, 5.74) is 0. The van der Waals surface area contributed by atoms with Gasteiger partial charge in [0.05, 0.1) is 13.2 Å². The lowest BCUT2D eigenvalue weighted by Crippen LogP contribution is -2.50. The molecule has 0 saturated carbocycles. The maximum Gasteiger partial charge on any atom is 0.223 e. The van der Waals surface area contributed by atoms with Crippen LogP contribution in [0.2, 0.25) is 0 Å². The third kappa shape index (κ3) is 3.68. The molecule has 2 saturated heterocycles. The maximum atomic E-state index is 12.0. The van der Waals surface area contributed by atoms with Crippen LogP contribution in [0.15, 0.2) is 0 Å². The highest BCUT2D eigenvalue weighted by Crippen LogP contribution is 2.21. The van der Waals surface area contributed by atoms with Crippen LogP contribution in [0.1, 0.15) is 20.3 Å². The van der Waals surface area contributed by atoms with Crippen molar-refractivity contribution in [3.63, 3.8) is 0 Å². The molecule has 0 unspecified atom stereocenters. The quantitative estimate of drug-likeness (QED) is 0.729. The topological polar surface area (TPSA) is 32.8 Å². The molecule has 2 aliphatic rings. The molecular weight excluding hydrogens is 216 g/mol. The Balaban J connectivity index is 1.64. The van der Waals surface area contributed by atoms with E-state index < -0.39 is 0 Å². The molecule has 2 aliphatic heterocycles. The molecule has 0 spiro atoms. The molecule has 0 atom stereocenters. The van der Waals surface area contributed by atoms with Crippen LogP contribution in [0.5, 0.6) is 0 Å². The van der Waals surface area contributed by atoms with E-state index in [1.54, 1.807) is 0 Å². The van der Waals surface area contributed by atoms with Crippen LogP contribution in [-0.4, -0.2) is 61.6 Å². The Morgan fingerprint density at radius 2 is 1.94 bits per heavy atom. The number of likely N-dealkylation sites (tertiary alicyclic amines) is 1. The van der Waals surface area contributed by atoms with Crippen molar-refractivity contribution in [1.82, 2.24) is 9.80 Å². The number of nitrogens with zero attached hydrogens (tertiary/aromatic N) is 2. The largest absolute Gasteiger partial charge is 0.378 e. The van der Waals surface area contributed by atoms with E-state index in [9.17, 15) is 4.79 Å². The molecule has 0 bridgehead atoms. The van der Waals surface area contributed by atoms with Gasteiger partial charge in [-0.1, -0.05) is 13.8 Å². The van der Waals surface area contributed by atoms with Crippen molar-refractivity contribution in [2.75, 3.05) is 45.9 Å². The molecule has 0 radical (unpaired) electrons. The van der Waals surface area contributed by atoms with Gasteiger partial charge in [0.15, 0.2) is 0 Å². The van der Waals surface area contributed by atoms with Gasteiger partial charge in [0.25, 0.3) is 0 Å². The lowest BCUT2D eigenvalue weighted by atomic mass is 9.94. The zero-order valence-electron chi connectivity index (χ0n) is 11.0. The van der Waals surface area contributed by atoms with Gasteiger partial charge < -0.3 is 14.5 Å². The maximum absolute atomic E-state index is 12.0. The summed E-state index contributed by atoms with van der Waals surface area (Å²) < 4.78 is 5.25. The van der Waals surface area contributed by atoms with E-state index in [1.807, 2.05) is 4.90 Å². The van der Waals surface area contributed by atoms with E-state index in [2.05, 4.69) is 18.7 Å². The average Bonchev–Trinajstić information content (AvgIpc) is 2.26. The van der Waals surface area contributed by atoms with E-state index in [0.717, 1.165) is 38.5 Å². The minimum atomic E-state index is 0.322. The first-order valence-electron chi connectivity index (χ1n) is 6.73. The molecule has 0 aliphatic carbocycles. The first-order chi connectivity index (χ1) is 8.15. The standard InChI is InChI=1S/C13H24N2O2/c1-11(2)8-14-9-12(10-14)7-13(16)15-3-5-17-6-4-15/h11-12H,3-10H2,1-2H3. The molecule has 1 amide bonds. The molecule has 2 rings (SSSR count). The Morgan fingerprint density at radius 3 is 2.53 bits per heavy atom. The van der Waals surface area contributed by atoms with Gasteiger partial charge in [0, 0.05) is 39.1 Å². The van der Waals surface area contributed by atoms with E-state index in [1.165, 1.54) is 6.54 Å². The Kier molecular flexibility index (Phi) is 4.40. The van der Waals surface area contributed by atoms with Crippen molar-refractivity contribution in [1.29, 1.82) is 0 Å². The van der Waals surface area contributed by atoms with Crippen molar-refractivity contribution >= 4 is 5.91 Å². The Morgan fingerprint density at radius 1 is 1.29 bits per heavy atom. The molecule has 0 N–H and O–H groups in total. The number of amides is 1. The number of ether oxygens (including phenoxy) is 1. The monoisotopic (exact) mass is 240 g/mol. The summed E-state index contributed by atoms with van der Waals surface area (Å²) >= 11 is 0. The molecule has 17 heavy (non-hydrogen) atoms. The first-order valence-corrected chi connectivity index (χ1v) is 6.73. The Bertz CT molecular complexity index is 256. The Hall–Kier alpha value is -0.610. The minimum absolute atomic E-state index is 0.322. The SMILES string of the molecule is CC(C)CN1CC(CC(=O)N2CCOCC2)C1. The second-order valence-corrected chi connectivity index (χ2v) is 5.68. The summed E-state index contributed by atoms with van der Waals surface area (Å²) in [7, 11) is 0. The van der Waals surface area contributed by atoms with Gasteiger partial charge in [0.1, 0.15) is 0 Å². The molecule has 4 heteroatoms. The van der Waals surface area contributed by atoms with Crippen LogP contribution in [0.25, 0.3) is 0 Å². The van der Waals surface area contributed by atoms with Crippen LogP contribution in [-0.2, 0) is 9.53 Å². The lowest BCUT2D eigenvalue weighted by Gasteiger charge is -2.41. The highest BCUT2D eigenvalue weighted by Gasteiger charge is 2.30. The minimum Gasteiger partial charge on any atom is -0.378 e. The fourth-order valence-electron chi connectivity index (χ4n) is 2.66. The lowest BCUT2D eigenvalue weighted by molar-refractivity contribution is -0.137. The summed E-state index contributed by atoms with van der Waals surface area (Å²) in [5, 5.41) is 0. The summed E-state index contributed by atoms with van der Waals surface area (Å²) in [6, 6.07) is 0. The van der Waals surface area contributed by atoms with Crippen molar-refractivity contribution in [3.8, 4) is 0 Å². The molecule has 0 aromatic carbocycles. The Labute approximate surface area is 104 Å². The first kappa shape index (κ1) is 12.8. The molecular formula is C13H24N2O2. The molecule has 4 nitrogen and oxygen atoms in total. The molecule has 2 heterocycles. The van der Waals surface area contributed by atoms with E-state index in [-0.39, 0.29) is 0 Å². The number of rotatable bonds is 4. The highest BCUT2D eigenvalue weighted by molar-refractivity contribution is 5.76. The fraction of sp³-hybridized carbons (Fsp3) is 0.923. The predicted molar refractivity (Wildman–Crippen MR) is 66.8 cm³/mol. The second-order valence-electron chi connectivity index (χ2n) is 5.68. The molecule has 98 valence electrons. The van der Waals surface area contributed by atoms with Crippen molar-refractivity contribution in [3.05, 3.63) is 0 Å². The summed E-state index contributed by atoms with van der Waals surface area (Å²) in [5.74, 6) is 1.64. The van der Waals surface area contributed by atoms with Crippen LogP contribution in [0.3, 0.4) is 0 Å². The summed E-state index contributed by atoms with van der Waals surface area (Å²) in [6.45, 7) is 10.8. The van der Waals surface area contributed by atoms with Gasteiger partial charge in [-0.05, 0) is 11.8 Å².